The number of hydrogen-bond donors (Lipinski definition) is 3. The van der Waals surface area contributed by atoms with Crippen LogP contribution in [0.4, 0.5) is 14.9 Å². The van der Waals surface area contributed by atoms with Gasteiger partial charge in [-0.25, -0.2) is 14.0 Å². The zero-order valence-electron chi connectivity index (χ0n) is 36.3. The molecule has 17 nitrogen and oxygen atoms in total. The second-order valence-electron chi connectivity index (χ2n) is 18.7. The number of esters is 2. The van der Waals surface area contributed by atoms with Gasteiger partial charge in [0.2, 0.25) is 18.0 Å². The van der Waals surface area contributed by atoms with Crippen LogP contribution in [0.15, 0.2) is 40.9 Å². The normalized spacial score (nSPS) is 30.8. The molecule has 0 spiro atoms. The Morgan fingerprint density at radius 1 is 0.984 bits per heavy atom. The number of carbonyl (C=O) groups excluding carboxylic acids is 5. The lowest BCUT2D eigenvalue weighted by molar-refractivity contribution is -0.181. The summed E-state index contributed by atoms with van der Waals surface area (Å²) in [6.45, 7) is 4.42. The number of pyridine rings is 1. The van der Waals surface area contributed by atoms with Crippen molar-refractivity contribution in [2.24, 2.45) is 28.6 Å². The molecule has 0 bridgehead atoms. The van der Waals surface area contributed by atoms with Gasteiger partial charge in [0.15, 0.2) is 24.0 Å². The standard InChI is InChI=1S/C46H54FN3O14/c1-24-20-48(39-32(47)18-29-38(41(39)61-4)50(26-6-7-26)21-30(40(29)56)42(57)58)15-16-49(24)43(59)64-23-63-36(55)10-9-35(54)62-22-34(53)46(60)14-12-31-28-8-5-25-17-27(51)11-13-44(25,2)37(28)33(52)19-45(31,46)3/h11,13,17-18,21,24,26,28,31,33,37,52,60H,5-10,12,14-16,19-20,22-23H2,1-4H3,(H,57,58)/t24?,28?,31?,33-,37?,44-,45-,46-/m0/s1. The second-order valence-corrected chi connectivity index (χ2v) is 18.7. The van der Waals surface area contributed by atoms with E-state index in [-0.39, 0.29) is 84.4 Å². The van der Waals surface area contributed by atoms with Crippen LogP contribution in [0.5, 0.6) is 5.75 Å². The summed E-state index contributed by atoms with van der Waals surface area (Å²) < 4.78 is 38.6. The number of halogens is 1. The van der Waals surface area contributed by atoms with Gasteiger partial charge in [0.1, 0.15) is 16.9 Å². The van der Waals surface area contributed by atoms with E-state index in [0.29, 0.717) is 19.3 Å². The number of carbonyl (C=O) groups is 6. The summed E-state index contributed by atoms with van der Waals surface area (Å²) >= 11 is 0. The minimum absolute atomic E-state index is 0.00336. The molecule has 1 aromatic carbocycles. The Kier molecular flexibility index (Phi) is 11.8. The summed E-state index contributed by atoms with van der Waals surface area (Å²) in [5.41, 5.74) is -3.27. The average Bonchev–Trinajstić information content (AvgIpc) is 4.05. The number of nitrogens with zero attached hydrogens (tertiary/aromatic N) is 3. The van der Waals surface area contributed by atoms with E-state index < -0.39 is 101 Å². The number of Topliss-reactive ketones (excluding diaryl/α,β-unsaturated/α-hetero) is 1. The number of ether oxygens (including phenoxy) is 4. The molecular weight excluding hydrogens is 838 g/mol. The number of aromatic carboxylic acids is 1. The minimum atomic E-state index is -1.84. The summed E-state index contributed by atoms with van der Waals surface area (Å²) in [6, 6.07) is 0.414. The van der Waals surface area contributed by atoms with E-state index in [1.54, 1.807) is 28.5 Å². The fraction of sp³-hybridized carbons (Fsp3) is 0.587. The number of carboxylic acid groups (broad SMARTS) is 1. The number of ketones is 2. The predicted molar refractivity (Wildman–Crippen MR) is 224 cm³/mol. The fourth-order valence-electron chi connectivity index (χ4n) is 11.8. The Morgan fingerprint density at radius 3 is 2.38 bits per heavy atom. The largest absolute Gasteiger partial charge is 0.492 e. The average molecular weight is 892 g/mol. The first-order valence-corrected chi connectivity index (χ1v) is 21.9. The highest BCUT2D eigenvalue weighted by molar-refractivity contribution is 6.01. The third-order valence-corrected chi connectivity index (χ3v) is 15.2. The Bertz CT molecular complexity index is 2440. The van der Waals surface area contributed by atoms with E-state index in [0.717, 1.165) is 24.5 Å². The van der Waals surface area contributed by atoms with Gasteiger partial charge >= 0.3 is 24.0 Å². The molecule has 18 heteroatoms. The van der Waals surface area contributed by atoms with Crippen molar-refractivity contribution in [3.05, 3.63) is 57.7 Å². The predicted octanol–water partition coefficient (Wildman–Crippen LogP) is 4.23. The molecule has 2 aromatic rings. The number of piperazine rings is 1. The van der Waals surface area contributed by atoms with Crippen LogP contribution in [0.25, 0.3) is 10.9 Å². The maximum atomic E-state index is 15.8. The molecule has 5 fully saturated rings. The van der Waals surface area contributed by atoms with E-state index in [9.17, 15) is 48.9 Å². The maximum absolute atomic E-state index is 15.8. The molecule has 0 radical (unpaired) electrons. The summed E-state index contributed by atoms with van der Waals surface area (Å²) in [6.07, 6.45) is 7.59. The molecule has 1 saturated heterocycles. The zero-order valence-corrected chi connectivity index (χ0v) is 36.3. The molecule has 8 rings (SSSR count). The minimum Gasteiger partial charge on any atom is -0.492 e. The van der Waals surface area contributed by atoms with Gasteiger partial charge in [-0.2, -0.15) is 0 Å². The zero-order chi connectivity index (χ0) is 46.0. The number of fused-ring (bicyclic) bond motifs is 6. The van der Waals surface area contributed by atoms with Gasteiger partial charge in [0, 0.05) is 54.7 Å². The van der Waals surface area contributed by atoms with Crippen molar-refractivity contribution >= 4 is 52.2 Å². The number of aliphatic hydroxyl groups excluding tert-OH is 1. The van der Waals surface area contributed by atoms with Crippen LogP contribution in [0.1, 0.15) is 95.0 Å². The van der Waals surface area contributed by atoms with Gasteiger partial charge in [-0.1, -0.05) is 25.5 Å². The molecule has 4 saturated carbocycles. The number of anilines is 1. The number of methoxy groups -OCH3 is 1. The summed E-state index contributed by atoms with van der Waals surface area (Å²) in [4.78, 5) is 91.8. The lowest BCUT2D eigenvalue weighted by atomic mass is 9.46. The van der Waals surface area contributed by atoms with Gasteiger partial charge in [-0.05, 0) is 81.9 Å². The molecule has 1 aromatic heterocycles. The van der Waals surface area contributed by atoms with Crippen LogP contribution < -0.4 is 15.1 Å². The summed E-state index contributed by atoms with van der Waals surface area (Å²) in [7, 11) is 1.34. The number of allylic oxidation sites excluding steroid dienone is 4. The quantitative estimate of drug-likeness (QED) is 0.200. The molecule has 5 aliphatic carbocycles. The van der Waals surface area contributed by atoms with Crippen LogP contribution in [0, 0.1) is 34.4 Å². The number of carboxylic acids is 1. The molecule has 8 atom stereocenters. The Balaban J connectivity index is 0.800. The third kappa shape index (κ3) is 7.55. The van der Waals surface area contributed by atoms with Gasteiger partial charge in [0.05, 0.1) is 37.0 Å². The van der Waals surface area contributed by atoms with Crippen molar-refractivity contribution in [3.63, 3.8) is 0 Å². The number of hydrogen-bond acceptors (Lipinski definition) is 14. The summed E-state index contributed by atoms with van der Waals surface area (Å²) in [5, 5.41) is 33.0. The first-order chi connectivity index (χ1) is 30.3. The molecule has 1 amide bonds. The molecule has 64 heavy (non-hydrogen) atoms. The molecule has 3 N–H and O–H groups in total. The summed E-state index contributed by atoms with van der Waals surface area (Å²) in [5.74, 6) is -4.89. The van der Waals surface area contributed by atoms with Crippen molar-refractivity contribution in [3.8, 4) is 5.75 Å². The van der Waals surface area contributed by atoms with E-state index in [2.05, 4.69) is 0 Å². The SMILES string of the molecule is COc1c(N2CCN(C(=O)OCOC(=O)CCC(=O)OCC(=O)[C@@]3(O)CCC4C5CCC6=CC(=O)C=C[C@]6(C)C5[C@@H](O)C[C@@]43C)C(C)C2)c(F)cc2c(=O)c(C(=O)O)cn(C3CC3)c12. The lowest BCUT2D eigenvalue weighted by Gasteiger charge is -2.59. The topological polar surface area (TPSA) is 229 Å². The van der Waals surface area contributed by atoms with Gasteiger partial charge < -0.3 is 48.6 Å². The second kappa shape index (κ2) is 16.7. The highest BCUT2D eigenvalue weighted by Crippen LogP contribution is 2.67. The first-order valence-electron chi connectivity index (χ1n) is 21.9. The molecule has 4 unspecified atom stereocenters. The number of aromatic nitrogens is 1. The monoisotopic (exact) mass is 891 g/mol. The van der Waals surface area contributed by atoms with E-state index in [1.165, 1.54) is 18.2 Å². The number of benzene rings is 1. The van der Waals surface area contributed by atoms with E-state index in [4.69, 9.17) is 18.9 Å². The fourth-order valence-corrected chi connectivity index (χ4v) is 11.8. The van der Waals surface area contributed by atoms with Crippen LogP contribution in [0.3, 0.4) is 0 Å². The van der Waals surface area contributed by atoms with Gasteiger partial charge in [0.25, 0.3) is 0 Å². The Morgan fingerprint density at radius 2 is 1.70 bits per heavy atom. The van der Waals surface area contributed by atoms with Gasteiger partial charge in [-0.3, -0.25) is 24.0 Å². The number of aliphatic hydroxyl groups is 2. The lowest BCUT2D eigenvalue weighted by Crippen LogP contribution is -2.61. The molecule has 6 aliphatic rings. The molecule has 2 heterocycles. The van der Waals surface area contributed by atoms with Gasteiger partial charge in [-0.15, -0.1) is 0 Å². The molecule has 1 aliphatic heterocycles. The molecular formula is C46H54FN3O14. The van der Waals surface area contributed by atoms with Crippen molar-refractivity contribution in [2.45, 2.75) is 102 Å². The highest BCUT2D eigenvalue weighted by Gasteiger charge is 2.68. The van der Waals surface area contributed by atoms with Crippen molar-refractivity contribution in [1.82, 2.24) is 9.47 Å². The van der Waals surface area contributed by atoms with E-state index >= 15 is 4.39 Å². The maximum Gasteiger partial charge on any atom is 0.413 e. The third-order valence-electron chi connectivity index (χ3n) is 15.2. The molecule has 344 valence electrons. The van der Waals surface area contributed by atoms with Crippen molar-refractivity contribution in [2.75, 3.05) is 45.0 Å². The number of rotatable bonds is 12. The van der Waals surface area contributed by atoms with E-state index in [1.807, 2.05) is 19.9 Å². The Hall–Kier alpha value is -5.62. The Labute approximate surface area is 367 Å². The van der Waals surface area contributed by atoms with Crippen molar-refractivity contribution in [1.29, 1.82) is 0 Å². The van der Waals surface area contributed by atoms with Crippen LogP contribution >= 0.6 is 0 Å². The van der Waals surface area contributed by atoms with Crippen LogP contribution in [0.2, 0.25) is 0 Å². The number of amides is 1. The first kappa shape index (κ1) is 45.0. The van der Waals surface area contributed by atoms with Crippen LogP contribution in [-0.4, -0.2) is 118 Å². The van der Waals surface area contributed by atoms with Crippen LogP contribution in [-0.2, 0) is 33.4 Å². The smallest absolute Gasteiger partial charge is 0.413 e. The van der Waals surface area contributed by atoms with Crippen molar-refractivity contribution < 1.29 is 67.4 Å². The highest BCUT2D eigenvalue weighted by atomic mass is 19.1.